The highest BCUT2D eigenvalue weighted by molar-refractivity contribution is 7.91. The van der Waals surface area contributed by atoms with Gasteiger partial charge in [0.2, 0.25) is 0 Å². The minimum atomic E-state index is -3.49. The van der Waals surface area contributed by atoms with Crippen molar-refractivity contribution in [1.29, 1.82) is 0 Å². The number of sulfone groups is 1. The Labute approximate surface area is 109 Å². The molecule has 0 aromatic carbocycles. The molecule has 0 bridgehead atoms. The number of carbonyl (C=O) groups is 2. The third-order valence-electron chi connectivity index (χ3n) is 2.89. The van der Waals surface area contributed by atoms with Gasteiger partial charge in [0.05, 0.1) is 12.1 Å². The Morgan fingerprint density at radius 1 is 1.28 bits per heavy atom. The number of nitrogens with zero attached hydrogens (tertiary/aromatic N) is 1. The first-order valence-electron chi connectivity index (χ1n) is 5.82. The first kappa shape index (κ1) is 17.2. The molecule has 0 aliphatic heterocycles. The Hall–Kier alpha value is -0.790. The van der Waals surface area contributed by atoms with Crippen molar-refractivity contribution in [2.45, 2.75) is 37.2 Å². The van der Waals surface area contributed by atoms with E-state index in [9.17, 15) is 18.0 Å². The second kappa shape index (κ2) is 7.60. The van der Waals surface area contributed by atoms with Crippen LogP contribution >= 0.6 is 0 Å². The summed E-state index contributed by atoms with van der Waals surface area (Å²) in [5.41, 5.74) is 0. The minimum Gasteiger partial charge on any atom is -0.309 e. The normalized spacial score (nSPS) is 17.2. The maximum atomic E-state index is 11.8. The van der Waals surface area contributed by atoms with Gasteiger partial charge in [-0.1, -0.05) is 13.3 Å². The highest BCUT2D eigenvalue weighted by Gasteiger charge is 2.36. The summed E-state index contributed by atoms with van der Waals surface area (Å²) in [6.45, 7) is 1.91. The summed E-state index contributed by atoms with van der Waals surface area (Å²) < 4.78 is 23.6. The van der Waals surface area contributed by atoms with Crippen molar-refractivity contribution in [3.05, 3.63) is 0 Å². The summed E-state index contributed by atoms with van der Waals surface area (Å²) >= 11 is 0. The second-order valence-corrected chi connectivity index (χ2v) is 6.47. The van der Waals surface area contributed by atoms with E-state index in [4.69, 9.17) is 0 Å². The van der Waals surface area contributed by atoms with E-state index < -0.39 is 27.3 Å². The van der Waals surface area contributed by atoms with Crippen LogP contribution in [0.3, 0.4) is 0 Å². The van der Waals surface area contributed by atoms with E-state index in [2.05, 4.69) is 5.32 Å². The van der Waals surface area contributed by atoms with Gasteiger partial charge >= 0.3 is 0 Å². The highest BCUT2D eigenvalue weighted by atomic mass is 32.2. The lowest BCUT2D eigenvalue weighted by Gasteiger charge is -2.33. The summed E-state index contributed by atoms with van der Waals surface area (Å²) in [7, 11) is -0.423. The van der Waals surface area contributed by atoms with Gasteiger partial charge in [0, 0.05) is 6.26 Å². The monoisotopic (exact) mass is 278 g/mol. The molecule has 3 atom stereocenters. The standard InChI is InChI=1S/C11H22N2O4S/c1-5-6-9(7-14)13(3)11(18(4,16)17)10(8-15)12-2/h7-12H,5-6H2,1-4H3. The van der Waals surface area contributed by atoms with Gasteiger partial charge in [-0.15, -0.1) is 0 Å². The fourth-order valence-electron chi connectivity index (χ4n) is 1.95. The number of hydrogen-bond acceptors (Lipinski definition) is 6. The molecule has 0 aromatic heterocycles. The molecule has 7 heteroatoms. The number of likely N-dealkylation sites (N-methyl/N-ethyl adjacent to an activating group) is 2. The van der Waals surface area contributed by atoms with Crippen LogP contribution in [-0.4, -0.2) is 63.7 Å². The van der Waals surface area contributed by atoms with Gasteiger partial charge in [-0.2, -0.15) is 0 Å². The molecule has 1 N–H and O–H groups in total. The van der Waals surface area contributed by atoms with E-state index in [0.717, 1.165) is 19.0 Å². The fourth-order valence-corrected chi connectivity index (χ4v) is 3.44. The number of aldehydes is 2. The summed E-state index contributed by atoms with van der Waals surface area (Å²) in [6, 6.07) is -1.37. The second-order valence-electron chi connectivity index (χ2n) is 4.33. The van der Waals surface area contributed by atoms with Crippen molar-refractivity contribution in [1.82, 2.24) is 10.2 Å². The zero-order valence-corrected chi connectivity index (χ0v) is 12.1. The average Bonchev–Trinajstić information content (AvgIpc) is 2.30. The van der Waals surface area contributed by atoms with Crippen LogP contribution in [0.4, 0.5) is 0 Å². The van der Waals surface area contributed by atoms with Crippen LogP contribution in [0.15, 0.2) is 0 Å². The molecule has 0 aromatic rings. The number of rotatable bonds is 9. The van der Waals surface area contributed by atoms with E-state index in [1.165, 1.54) is 11.9 Å². The quantitative estimate of drug-likeness (QED) is 0.569. The van der Waals surface area contributed by atoms with Gasteiger partial charge in [0.15, 0.2) is 9.84 Å². The Kier molecular flexibility index (Phi) is 7.27. The average molecular weight is 278 g/mol. The Morgan fingerprint density at radius 3 is 2.11 bits per heavy atom. The molecule has 0 aliphatic carbocycles. The van der Waals surface area contributed by atoms with Crippen LogP contribution in [0.1, 0.15) is 19.8 Å². The van der Waals surface area contributed by atoms with Crippen LogP contribution in [0, 0.1) is 0 Å². The zero-order chi connectivity index (χ0) is 14.3. The molecule has 3 unspecified atom stereocenters. The van der Waals surface area contributed by atoms with Gasteiger partial charge in [-0.05, 0) is 20.5 Å². The minimum absolute atomic E-state index is 0.509. The van der Waals surface area contributed by atoms with Crippen molar-refractivity contribution < 1.29 is 18.0 Å². The number of carbonyl (C=O) groups excluding carboxylic acids is 2. The van der Waals surface area contributed by atoms with Crippen molar-refractivity contribution in [3.8, 4) is 0 Å². The Bertz CT molecular complexity index is 369. The molecule has 6 nitrogen and oxygen atoms in total. The SMILES string of the molecule is CCCC(C=O)N(C)C(C(C=O)NC)S(C)(=O)=O. The molecule has 0 amide bonds. The number of nitrogens with one attached hydrogen (secondary N) is 1. The van der Waals surface area contributed by atoms with Gasteiger partial charge in [-0.3, -0.25) is 4.90 Å². The number of hydrogen-bond donors (Lipinski definition) is 1. The van der Waals surface area contributed by atoms with Gasteiger partial charge in [-0.25, -0.2) is 8.42 Å². The molecule has 18 heavy (non-hydrogen) atoms. The van der Waals surface area contributed by atoms with Gasteiger partial charge < -0.3 is 14.9 Å². The lowest BCUT2D eigenvalue weighted by atomic mass is 10.1. The molecule has 0 heterocycles. The van der Waals surface area contributed by atoms with E-state index in [-0.39, 0.29) is 0 Å². The van der Waals surface area contributed by atoms with Gasteiger partial charge in [0.25, 0.3) is 0 Å². The van der Waals surface area contributed by atoms with Crippen molar-refractivity contribution in [2.24, 2.45) is 0 Å². The molecule has 0 saturated heterocycles. The first-order valence-corrected chi connectivity index (χ1v) is 7.77. The molecule has 0 saturated carbocycles. The topological polar surface area (TPSA) is 83.6 Å². The molecule has 106 valence electrons. The third-order valence-corrected chi connectivity index (χ3v) is 4.39. The molecule has 0 aliphatic rings. The van der Waals surface area contributed by atoms with E-state index in [0.29, 0.717) is 12.7 Å². The molecule has 0 rings (SSSR count). The third kappa shape index (κ3) is 4.47. The highest BCUT2D eigenvalue weighted by Crippen LogP contribution is 2.14. The Morgan fingerprint density at radius 2 is 1.83 bits per heavy atom. The summed E-state index contributed by atoms with van der Waals surface area (Å²) in [4.78, 5) is 23.4. The fraction of sp³-hybridized carbons (Fsp3) is 0.818. The largest absolute Gasteiger partial charge is 0.309 e. The summed E-state index contributed by atoms with van der Waals surface area (Å²) in [5.74, 6) is 0. The summed E-state index contributed by atoms with van der Waals surface area (Å²) in [6.07, 6.45) is 3.65. The summed E-state index contributed by atoms with van der Waals surface area (Å²) in [5, 5.41) is 1.62. The van der Waals surface area contributed by atoms with Crippen molar-refractivity contribution in [3.63, 3.8) is 0 Å². The molecule has 0 radical (unpaired) electrons. The van der Waals surface area contributed by atoms with E-state index in [1.807, 2.05) is 6.92 Å². The molecule has 0 fully saturated rings. The Balaban J connectivity index is 5.31. The van der Waals surface area contributed by atoms with E-state index >= 15 is 0 Å². The lowest BCUT2D eigenvalue weighted by molar-refractivity contribution is -0.114. The van der Waals surface area contributed by atoms with Crippen LogP contribution in [0.2, 0.25) is 0 Å². The molecular formula is C11H22N2O4S. The lowest BCUT2D eigenvalue weighted by Crippen LogP contribution is -2.56. The van der Waals surface area contributed by atoms with Crippen LogP contribution in [0.5, 0.6) is 0 Å². The molecular weight excluding hydrogens is 256 g/mol. The smallest absolute Gasteiger partial charge is 0.165 e. The maximum Gasteiger partial charge on any atom is 0.165 e. The van der Waals surface area contributed by atoms with Crippen LogP contribution in [-0.2, 0) is 19.4 Å². The van der Waals surface area contributed by atoms with Gasteiger partial charge in [0.1, 0.15) is 17.9 Å². The van der Waals surface area contributed by atoms with Crippen molar-refractivity contribution >= 4 is 22.4 Å². The first-order chi connectivity index (χ1) is 8.33. The maximum absolute atomic E-state index is 11.8. The van der Waals surface area contributed by atoms with Crippen LogP contribution in [0.25, 0.3) is 0 Å². The van der Waals surface area contributed by atoms with Crippen LogP contribution < -0.4 is 5.32 Å². The predicted octanol–water partition coefficient (Wildman–Crippen LogP) is -0.557. The molecule has 0 spiro atoms. The van der Waals surface area contributed by atoms with Crippen molar-refractivity contribution in [2.75, 3.05) is 20.4 Å². The van der Waals surface area contributed by atoms with E-state index in [1.54, 1.807) is 7.05 Å². The predicted molar refractivity (Wildman–Crippen MR) is 70.1 cm³/mol. The zero-order valence-electron chi connectivity index (χ0n) is 11.3.